The van der Waals surface area contributed by atoms with E-state index in [0.29, 0.717) is 16.8 Å². The molecule has 1 atom stereocenters. The van der Waals surface area contributed by atoms with Crippen molar-refractivity contribution in [2.24, 2.45) is 0 Å². The van der Waals surface area contributed by atoms with Crippen LogP contribution >= 0.6 is 0 Å². The highest BCUT2D eigenvalue weighted by molar-refractivity contribution is 5.96. The number of nitrogens with one attached hydrogen (secondary N) is 2. The lowest BCUT2D eigenvalue weighted by Gasteiger charge is -2.14. The third-order valence-corrected chi connectivity index (χ3v) is 6.24. The van der Waals surface area contributed by atoms with E-state index in [1.165, 1.54) is 4.52 Å². The van der Waals surface area contributed by atoms with Crippen LogP contribution in [0.5, 0.6) is 0 Å². The average molecular weight is 467 g/mol. The number of nitrogens with zero attached hydrogens (tertiary/aromatic N) is 4. The van der Waals surface area contributed by atoms with Crippen LogP contribution in [0.25, 0.3) is 27.7 Å². The summed E-state index contributed by atoms with van der Waals surface area (Å²) in [6, 6.07) is 11.4. The number of aryl methyl sites for hydroxylation is 1. The Balaban J connectivity index is 1.59. The van der Waals surface area contributed by atoms with E-state index in [0.717, 1.165) is 27.6 Å². The van der Waals surface area contributed by atoms with Crippen LogP contribution in [0.1, 0.15) is 59.9 Å². The van der Waals surface area contributed by atoms with Crippen LogP contribution in [0.2, 0.25) is 0 Å². The quantitative estimate of drug-likeness (QED) is 0.395. The minimum Gasteiger partial charge on any atom is -0.344 e. The molecule has 0 aliphatic rings. The fourth-order valence-corrected chi connectivity index (χ4v) is 4.39. The van der Waals surface area contributed by atoms with E-state index in [9.17, 15) is 9.59 Å². The van der Waals surface area contributed by atoms with Gasteiger partial charge < -0.3 is 10.3 Å². The smallest absolute Gasteiger partial charge is 0.274 e. The Morgan fingerprint density at radius 3 is 2.69 bits per heavy atom. The van der Waals surface area contributed by atoms with E-state index in [-0.39, 0.29) is 29.1 Å². The van der Waals surface area contributed by atoms with Crippen LogP contribution in [-0.2, 0) is 0 Å². The average Bonchev–Trinajstić information content (AvgIpc) is 3.25. The number of fused-ring (bicyclic) bond motifs is 2. The summed E-state index contributed by atoms with van der Waals surface area (Å²) in [6.07, 6.45) is 6.88. The van der Waals surface area contributed by atoms with Gasteiger partial charge in [0.2, 0.25) is 0 Å². The minimum atomic E-state index is -0.335. The number of hydrogen-bond donors (Lipinski definition) is 2. The molecule has 8 heteroatoms. The highest BCUT2D eigenvalue weighted by Gasteiger charge is 2.25. The number of amides is 1. The monoisotopic (exact) mass is 466 g/mol. The number of carbonyl (C=O) groups excluding carboxylic acids is 1. The van der Waals surface area contributed by atoms with Crippen molar-refractivity contribution in [1.82, 2.24) is 29.9 Å². The first-order valence-electron chi connectivity index (χ1n) is 11.6. The molecular formula is C27H26N6O2. The maximum Gasteiger partial charge on any atom is 0.274 e. The van der Waals surface area contributed by atoms with Crippen molar-refractivity contribution in [2.75, 3.05) is 0 Å². The Morgan fingerprint density at radius 1 is 1.11 bits per heavy atom. The first-order chi connectivity index (χ1) is 16.8. The zero-order valence-electron chi connectivity index (χ0n) is 20.0. The van der Waals surface area contributed by atoms with Crippen molar-refractivity contribution in [3.8, 4) is 11.3 Å². The van der Waals surface area contributed by atoms with Gasteiger partial charge in [-0.1, -0.05) is 32.0 Å². The summed E-state index contributed by atoms with van der Waals surface area (Å²) in [4.78, 5) is 38.1. The molecule has 35 heavy (non-hydrogen) atoms. The third kappa shape index (κ3) is 4.07. The summed E-state index contributed by atoms with van der Waals surface area (Å²) in [6.45, 7) is 7.81. The number of carbonyl (C=O) groups is 1. The Bertz CT molecular complexity index is 1620. The van der Waals surface area contributed by atoms with Crippen LogP contribution < -0.4 is 10.9 Å². The van der Waals surface area contributed by atoms with Gasteiger partial charge in [0, 0.05) is 35.1 Å². The Morgan fingerprint density at radius 2 is 1.94 bits per heavy atom. The number of pyridine rings is 2. The molecule has 1 unspecified atom stereocenters. The van der Waals surface area contributed by atoms with Crippen molar-refractivity contribution < 1.29 is 4.79 Å². The van der Waals surface area contributed by atoms with Gasteiger partial charge in [-0.3, -0.25) is 19.6 Å². The fraction of sp³-hybridized carbons (Fsp3) is 0.222. The molecule has 0 saturated carbocycles. The molecule has 1 aromatic carbocycles. The molecule has 0 radical (unpaired) electrons. The van der Waals surface area contributed by atoms with E-state index in [4.69, 9.17) is 0 Å². The number of H-pyrrole nitrogens is 1. The van der Waals surface area contributed by atoms with Gasteiger partial charge in [-0.25, -0.2) is 4.52 Å². The largest absolute Gasteiger partial charge is 0.344 e. The van der Waals surface area contributed by atoms with Gasteiger partial charge in [0.15, 0.2) is 5.69 Å². The first-order valence-corrected chi connectivity index (χ1v) is 11.6. The molecule has 176 valence electrons. The minimum absolute atomic E-state index is 0.0844. The van der Waals surface area contributed by atoms with E-state index < -0.39 is 0 Å². The SMILES string of the molecule is Cc1cccc2ncc(-c3cn4nc(C(=O)NC(C)c5cccnc5)c(C(C)C)c4c(=O)[nH]3)cc12. The molecule has 0 aliphatic carbocycles. The topological polar surface area (TPSA) is 105 Å². The van der Waals surface area contributed by atoms with Crippen LogP contribution in [0, 0.1) is 6.92 Å². The summed E-state index contributed by atoms with van der Waals surface area (Å²) in [7, 11) is 0. The molecule has 0 saturated heterocycles. The normalized spacial score (nSPS) is 12.4. The van der Waals surface area contributed by atoms with Gasteiger partial charge >= 0.3 is 0 Å². The van der Waals surface area contributed by atoms with Crippen molar-refractivity contribution in [2.45, 2.75) is 39.7 Å². The second-order valence-corrected chi connectivity index (χ2v) is 9.05. The molecule has 4 heterocycles. The fourth-order valence-electron chi connectivity index (χ4n) is 4.39. The molecular weight excluding hydrogens is 440 g/mol. The second-order valence-electron chi connectivity index (χ2n) is 9.05. The van der Waals surface area contributed by atoms with Crippen molar-refractivity contribution in [3.63, 3.8) is 0 Å². The van der Waals surface area contributed by atoms with Crippen molar-refractivity contribution >= 4 is 22.3 Å². The molecule has 5 rings (SSSR count). The summed E-state index contributed by atoms with van der Waals surface area (Å²) in [5.74, 6) is -0.420. The summed E-state index contributed by atoms with van der Waals surface area (Å²) in [5.41, 5.74) is 5.14. The highest BCUT2D eigenvalue weighted by atomic mass is 16.2. The van der Waals surface area contributed by atoms with Crippen molar-refractivity contribution in [3.05, 3.63) is 93.9 Å². The molecule has 8 nitrogen and oxygen atoms in total. The molecule has 0 aliphatic heterocycles. The van der Waals surface area contributed by atoms with E-state index in [1.807, 2.05) is 64.1 Å². The molecule has 0 fully saturated rings. The Hall–Kier alpha value is -4.33. The lowest BCUT2D eigenvalue weighted by Crippen LogP contribution is -2.28. The maximum absolute atomic E-state index is 13.2. The first kappa shape index (κ1) is 22.5. The lowest BCUT2D eigenvalue weighted by atomic mass is 10.0. The number of benzene rings is 1. The van der Waals surface area contributed by atoms with Crippen LogP contribution in [0.15, 0.2) is 66.0 Å². The van der Waals surface area contributed by atoms with E-state index in [2.05, 4.69) is 25.4 Å². The molecule has 4 aromatic heterocycles. The molecule has 2 N–H and O–H groups in total. The second kappa shape index (κ2) is 8.79. The van der Waals surface area contributed by atoms with Crippen LogP contribution in [0.3, 0.4) is 0 Å². The van der Waals surface area contributed by atoms with Gasteiger partial charge in [-0.15, -0.1) is 0 Å². The van der Waals surface area contributed by atoms with Gasteiger partial charge in [0.1, 0.15) is 5.52 Å². The lowest BCUT2D eigenvalue weighted by molar-refractivity contribution is 0.0933. The van der Waals surface area contributed by atoms with Gasteiger partial charge in [0.05, 0.1) is 23.4 Å². The zero-order valence-corrected chi connectivity index (χ0v) is 20.0. The van der Waals surface area contributed by atoms with E-state index in [1.54, 1.807) is 24.8 Å². The zero-order chi connectivity index (χ0) is 24.7. The molecule has 5 aromatic rings. The molecule has 0 spiro atoms. The Labute approximate surface area is 202 Å². The number of hydrogen-bond acceptors (Lipinski definition) is 5. The molecule has 1 amide bonds. The number of aromatic amines is 1. The van der Waals surface area contributed by atoms with Crippen LogP contribution in [0.4, 0.5) is 0 Å². The van der Waals surface area contributed by atoms with Gasteiger partial charge in [-0.05, 0) is 49.1 Å². The third-order valence-electron chi connectivity index (χ3n) is 6.24. The highest BCUT2D eigenvalue weighted by Crippen LogP contribution is 2.26. The maximum atomic E-state index is 13.2. The molecule has 0 bridgehead atoms. The Kier molecular flexibility index (Phi) is 5.64. The van der Waals surface area contributed by atoms with Crippen LogP contribution in [-0.4, -0.2) is 30.5 Å². The van der Waals surface area contributed by atoms with Gasteiger partial charge in [-0.2, -0.15) is 5.10 Å². The van der Waals surface area contributed by atoms with Gasteiger partial charge in [0.25, 0.3) is 11.5 Å². The van der Waals surface area contributed by atoms with E-state index >= 15 is 0 Å². The number of rotatable bonds is 5. The summed E-state index contributed by atoms with van der Waals surface area (Å²) >= 11 is 0. The summed E-state index contributed by atoms with van der Waals surface area (Å²) < 4.78 is 1.51. The number of aromatic nitrogens is 5. The summed E-state index contributed by atoms with van der Waals surface area (Å²) in [5, 5.41) is 8.55. The predicted octanol–water partition coefficient (Wildman–Crippen LogP) is 4.56. The predicted molar refractivity (Wildman–Crippen MR) is 135 cm³/mol. The standard InChI is InChI=1S/C27H26N6O2/c1-15(2)23-24(26(34)30-17(4)18-8-6-10-28-12-18)32-33-14-22(31-27(35)25(23)33)19-11-20-16(3)7-5-9-21(20)29-13-19/h5-15,17H,1-4H3,(H,30,34)(H,31,35). The van der Waals surface area contributed by atoms with Crippen molar-refractivity contribution in [1.29, 1.82) is 0 Å².